The van der Waals surface area contributed by atoms with Crippen molar-refractivity contribution >= 4 is 17.3 Å². The Bertz CT molecular complexity index is 480. The fourth-order valence-corrected chi connectivity index (χ4v) is 1.77. The molecular formula is C12H12N2O2S. The maximum Gasteiger partial charge on any atom is 0.214 e. The number of nitrogens with zero attached hydrogens (tertiary/aromatic N) is 2. The summed E-state index contributed by atoms with van der Waals surface area (Å²) in [5, 5.41) is 5.39. The van der Waals surface area contributed by atoms with Gasteiger partial charge in [-0.05, 0) is 42.2 Å². The van der Waals surface area contributed by atoms with Crippen LogP contribution in [0.4, 0.5) is 0 Å². The van der Waals surface area contributed by atoms with E-state index in [0.29, 0.717) is 17.9 Å². The van der Waals surface area contributed by atoms with Gasteiger partial charge in [-0.25, -0.2) is 0 Å². The molecule has 2 rings (SSSR count). The zero-order chi connectivity index (χ0) is 12.1. The number of hydrogen-bond donors (Lipinski definition) is 0. The largest absolute Gasteiger partial charge is 0.494 e. The van der Waals surface area contributed by atoms with E-state index in [1.54, 1.807) is 29.6 Å². The van der Waals surface area contributed by atoms with Crippen molar-refractivity contribution in [3.05, 3.63) is 40.9 Å². The second-order valence-corrected chi connectivity index (χ2v) is 4.10. The second-order valence-electron chi connectivity index (χ2n) is 3.49. The Balaban J connectivity index is 2.10. The van der Waals surface area contributed by atoms with Crippen LogP contribution in [0, 0.1) is 0 Å². The lowest BCUT2D eigenvalue weighted by Crippen LogP contribution is -2.02. The minimum absolute atomic E-state index is 0.110. The van der Waals surface area contributed by atoms with Crippen molar-refractivity contribution in [3.8, 4) is 5.75 Å². The molecular weight excluding hydrogens is 236 g/mol. The molecule has 1 aromatic heterocycles. The molecule has 0 saturated heterocycles. The first kappa shape index (κ1) is 11.7. The van der Waals surface area contributed by atoms with E-state index in [1.165, 1.54) is 11.5 Å². The first-order valence-electron chi connectivity index (χ1n) is 5.36. The monoisotopic (exact) mass is 248 g/mol. The van der Waals surface area contributed by atoms with Gasteiger partial charge < -0.3 is 4.74 Å². The predicted molar refractivity (Wildman–Crippen MR) is 65.6 cm³/mol. The number of hydrogen-bond acceptors (Lipinski definition) is 5. The SMILES string of the molecule is CCCOc1ccc(C(=O)c2csnn2)cc1. The number of benzene rings is 1. The summed E-state index contributed by atoms with van der Waals surface area (Å²) in [5.41, 5.74) is 0.985. The average Bonchev–Trinajstić information content (AvgIpc) is 2.90. The Morgan fingerprint density at radius 1 is 1.35 bits per heavy atom. The van der Waals surface area contributed by atoms with Gasteiger partial charge in [-0.1, -0.05) is 11.4 Å². The summed E-state index contributed by atoms with van der Waals surface area (Å²) in [4.78, 5) is 11.9. The van der Waals surface area contributed by atoms with E-state index >= 15 is 0 Å². The predicted octanol–water partition coefficient (Wildman–Crippen LogP) is 2.56. The van der Waals surface area contributed by atoms with Crippen LogP contribution in [0.5, 0.6) is 5.75 Å². The van der Waals surface area contributed by atoms with Gasteiger partial charge in [-0.3, -0.25) is 4.79 Å². The Morgan fingerprint density at radius 3 is 2.71 bits per heavy atom. The molecule has 0 saturated carbocycles. The van der Waals surface area contributed by atoms with Gasteiger partial charge in [0.05, 0.1) is 6.61 Å². The van der Waals surface area contributed by atoms with Gasteiger partial charge >= 0.3 is 0 Å². The van der Waals surface area contributed by atoms with Gasteiger partial charge in [0.25, 0.3) is 0 Å². The quantitative estimate of drug-likeness (QED) is 0.763. The Morgan fingerprint density at radius 2 is 2.12 bits per heavy atom. The molecule has 1 aromatic carbocycles. The molecule has 17 heavy (non-hydrogen) atoms. The lowest BCUT2D eigenvalue weighted by atomic mass is 10.1. The molecule has 0 spiro atoms. The number of ether oxygens (including phenoxy) is 1. The van der Waals surface area contributed by atoms with E-state index in [2.05, 4.69) is 9.59 Å². The molecule has 5 heteroatoms. The van der Waals surface area contributed by atoms with Crippen LogP contribution in [-0.2, 0) is 0 Å². The van der Waals surface area contributed by atoms with Gasteiger partial charge in [0.2, 0.25) is 5.78 Å². The minimum atomic E-state index is -0.110. The number of rotatable bonds is 5. The van der Waals surface area contributed by atoms with Crippen molar-refractivity contribution in [3.63, 3.8) is 0 Å². The van der Waals surface area contributed by atoms with Gasteiger partial charge in [-0.2, -0.15) is 0 Å². The highest BCUT2D eigenvalue weighted by Crippen LogP contribution is 2.15. The van der Waals surface area contributed by atoms with Crippen LogP contribution in [-0.4, -0.2) is 22.0 Å². The van der Waals surface area contributed by atoms with Crippen molar-refractivity contribution in [2.24, 2.45) is 0 Å². The Kier molecular flexibility index (Phi) is 3.82. The van der Waals surface area contributed by atoms with E-state index in [9.17, 15) is 4.79 Å². The van der Waals surface area contributed by atoms with Crippen LogP contribution in [0.3, 0.4) is 0 Å². The average molecular weight is 248 g/mol. The highest BCUT2D eigenvalue weighted by atomic mass is 32.1. The first-order chi connectivity index (χ1) is 8.31. The lowest BCUT2D eigenvalue weighted by Gasteiger charge is -2.04. The van der Waals surface area contributed by atoms with Crippen LogP contribution in [0.25, 0.3) is 0 Å². The highest BCUT2D eigenvalue weighted by molar-refractivity contribution is 7.03. The van der Waals surface area contributed by atoms with Crippen molar-refractivity contribution in [1.29, 1.82) is 0 Å². The van der Waals surface area contributed by atoms with Crippen LogP contribution < -0.4 is 4.74 Å². The summed E-state index contributed by atoms with van der Waals surface area (Å²) < 4.78 is 9.12. The lowest BCUT2D eigenvalue weighted by molar-refractivity contribution is 0.103. The summed E-state index contributed by atoms with van der Waals surface area (Å²) in [6.45, 7) is 2.73. The topological polar surface area (TPSA) is 52.1 Å². The number of carbonyl (C=O) groups excluding carboxylic acids is 1. The van der Waals surface area contributed by atoms with Crippen LogP contribution in [0.1, 0.15) is 29.4 Å². The smallest absolute Gasteiger partial charge is 0.214 e. The van der Waals surface area contributed by atoms with E-state index in [1.807, 2.05) is 6.92 Å². The fourth-order valence-electron chi connectivity index (χ4n) is 1.33. The highest BCUT2D eigenvalue weighted by Gasteiger charge is 2.11. The normalized spacial score (nSPS) is 10.2. The summed E-state index contributed by atoms with van der Waals surface area (Å²) in [6.07, 6.45) is 0.963. The van der Waals surface area contributed by atoms with E-state index < -0.39 is 0 Å². The molecule has 0 aliphatic heterocycles. The molecule has 0 N–H and O–H groups in total. The molecule has 0 aliphatic carbocycles. The third-order valence-electron chi connectivity index (χ3n) is 2.18. The van der Waals surface area contributed by atoms with Gasteiger partial charge in [0.15, 0.2) is 0 Å². The molecule has 0 amide bonds. The maximum atomic E-state index is 11.9. The standard InChI is InChI=1S/C12H12N2O2S/c1-2-7-16-10-5-3-9(4-6-10)12(15)11-8-17-14-13-11/h3-6,8H,2,7H2,1H3. The van der Waals surface area contributed by atoms with Crippen molar-refractivity contribution in [2.45, 2.75) is 13.3 Å². The third-order valence-corrected chi connectivity index (χ3v) is 2.69. The van der Waals surface area contributed by atoms with Gasteiger partial charge in [0, 0.05) is 10.9 Å². The molecule has 1 heterocycles. The number of ketones is 1. The van der Waals surface area contributed by atoms with Crippen molar-refractivity contribution < 1.29 is 9.53 Å². The zero-order valence-electron chi connectivity index (χ0n) is 9.42. The third kappa shape index (κ3) is 2.88. The van der Waals surface area contributed by atoms with Crippen LogP contribution in [0.2, 0.25) is 0 Å². The van der Waals surface area contributed by atoms with Gasteiger partial charge in [-0.15, -0.1) is 5.10 Å². The molecule has 0 bridgehead atoms. The Labute approximate surface area is 103 Å². The Hall–Kier alpha value is -1.75. The molecule has 4 nitrogen and oxygen atoms in total. The van der Waals surface area contributed by atoms with E-state index in [4.69, 9.17) is 4.74 Å². The van der Waals surface area contributed by atoms with Crippen LogP contribution >= 0.6 is 11.5 Å². The summed E-state index contributed by atoms with van der Waals surface area (Å²) in [6, 6.07) is 7.07. The summed E-state index contributed by atoms with van der Waals surface area (Å²) >= 11 is 1.17. The van der Waals surface area contributed by atoms with E-state index in [0.717, 1.165) is 12.2 Å². The molecule has 0 atom stereocenters. The number of carbonyl (C=O) groups is 1. The fraction of sp³-hybridized carbons (Fsp3) is 0.250. The summed E-state index contributed by atoms with van der Waals surface area (Å²) in [5.74, 6) is 0.667. The zero-order valence-corrected chi connectivity index (χ0v) is 10.2. The van der Waals surface area contributed by atoms with Crippen molar-refractivity contribution in [2.75, 3.05) is 6.61 Å². The molecule has 88 valence electrons. The molecule has 0 unspecified atom stereocenters. The van der Waals surface area contributed by atoms with E-state index in [-0.39, 0.29) is 5.78 Å². The molecule has 0 aliphatic rings. The summed E-state index contributed by atoms with van der Waals surface area (Å²) in [7, 11) is 0. The molecule has 0 radical (unpaired) electrons. The minimum Gasteiger partial charge on any atom is -0.494 e. The van der Waals surface area contributed by atoms with Crippen molar-refractivity contribution in [1.82, 2.24) is 9.59 Å². The molecule has 2 aromatic rings. The number of aromatic nitrogens is 2. The van der Waals surface area contributed by atoms with Gasteiger partial charge in [0.1, 0.15) is 11.4 Å². The second kappa shape index (κ2) is 5.54. The first-order valence-corrected chi connectivity index (χ1v) is 6.19. The molecule has 0 fully saturated rings. The maximum absolute atomic E-state index is 11.9. The van der Waals surface area contributed by atoms with Crippen LogP contribution in [0.15, 0.2) is 29.6 Å².